The quantitative estimate of drug-likeness (QED) is 0.838. The van der Waals surface area contributed by atoms with Crippen LogP contribution in [0.2, 0.25) is 0 Å². The van der Waals surface area contributed by atoms with Crippen molar-refractivity contribution < 1.29 is 9.53 Å². The van der Waals surface area contributed by atoms with Gasteiger partial charge in [-0.1, -0.05) is 6.07 Å². The van der Waals surface area contributed by atoms with Crippen LogP contribution in [0.5, 0.6) is 0 Å². The molecule has 0 saturated carbocycles. The topological polar surface area (TPSA) is 80.5 Å². The molecule has 110 valence electrons. The first-order valence-corrected chi connectivity index (χ1v) is 6.81. The summed E-state index contributed by atoms with van der Waals surface area (Å²) in [4.78, 5) is 18.5. The van der Waals surface area contributed by atoms with Crippen molar-refractivity contribution >= 4 is 11.7 Å². The molecule has 2 atom stereocenters. The lowest BCUT2D eigenvalue weighted by Gasteiger charge is -2.19. The zero-order valence-corrected chi connectivity index (χ0v) is 12.2. The third-order valence-electron chi connectivity index (χ3n) is 3.65. The Bertz CT molecular complexity index is 478. The van der Waals surface area contributed by atoms with Crippen LogP contribution in [0, 0.1) is 0 Å². The van der Waals surface area contributed by atoms with Crippen molar-refractivity contribution in [2.75, 3.05) is 25.9 Å². The summed E-state index contributed by atoms with van der Waals surface area (Å²) >= 11 is 0. The number of carbonyl (C=O) groups is 1. The van der Waals surface area contributed by atoms with Gasteiger partial charge in [0.05, 0.1) is 12.1 Å². The molecule has 0 aromatic carbocycles. The highest BCUT2D eigenvalue weighted by Gasteiger charge is 2.35. The highest BCUT2D eigenvalue weighted by Crippen LogP contribution is 2.16. The summed E-state index contributed by atoms with van der Waals surface area (Å²) in [6.45, 7) is 5.88. The first-order chi connectivity index (χ1) is 9.51. The summed E-state index contributed by atoms with van der Waals surface area (Å²) in [7, 11) is 1.67. The number of amides is 1. The van der Waals surface area contributed by atoms with Crippen LogP contribution in [0.3, 0.4) is 0 Å². The van der Waals surface area contributed by atoms with Gasteiger partial charge >= 0.3 is 0 Å². The molecule has 1 saturated heterocycles. The van der Waals surface area contributed by atoms with Gasteiger partial charge in [0.2, 0.25) is 0 Å². The Morgan fingerprint density at radius 3 is 2.85 bits per heavy atom. The number of hydrogen-bond acceptors (Lipinski definition) is 5. The monoisotopic (exact) mass is 278 g/mol. The molecule has 0 aliphatic carbocycles. The van der Waals surface area contributed by atoms with Crippen molar-refractivity contribution in [3.63, 3.8) is 0 Å². The molecule has 0 radical (unpaired) electrons. The molecule has 1 amide bonds. The van der Waals surface area contributed by atoms with Crippen LogP contribution in [0.25, 0.3) is 0 Å². The maximum Gasteiger partial charge on any atom is 0.270 e. The minimum Gasteiger partial charge on any atom is -0.384 e. The molecule has 0 spiro atoms. The standard InChI is InChI=1S/C14H22N4O2/c1-9(2)18-7-11(12(8-18)20-3)17-14(19)10-5-4-6-13(15)16-10/h4-6,9,11-12H,7-8H2,1-3H3,(H2,15,16)(H,17,19)/t11-,12-/m0/s1. The molecule has 1 aliphatic heterocycles. The summed E-state index contributed by atoms with van der Waals surface area (Å²) in [6.07, 6.45) is 0.00223. The van der Waals surface area contributed by atoms with E-state index in [1.54, 1.807) is 25.3 Å². The molecule has 1 aliphatic rings. The number of carbonyl (C=O) groups excluding carboxylic acids is 1. The van der Waals surface area contributed by atoms with Gasteiger partial charge in [0.15, 0.2) is 0 Å². The van der Waals surface area contributed by atoms with Crippen LogP contribution in [0.4, 0.5) is 5.82 Å². The number of hydrogen-bond donors (Lipinski definition) is 2. The van der Waals surface area contributed by atoms with Gasteiger partial charge in [0, 0.05) is 26.2 Å². The minimum absolute atomic E-state index is 0.00223. The summed E-state index contributed by atoms with van der Waals surface area (Å²) < 4.78 is 5.46. The molecule has 2 heterocycles. The first-order valence-electron chi connectivity index (χ1n) is 6.81. The van der Waals surface area contributed by atoms with E-state index in [0.29, 0.717) is 17.6 Å². The number of aromatic nitrogens is 1. The highest BCUT2D eigenvalue weighted by molar-refractivity contribution is 5.92. The molecule has 1 fully saturated rings. The summed E-state index contributed by atoms with van der Waals surface area (Å²) in [6, 6.07) is 5.44. The van der Waals surface area contributed by atoms with Crippen molar-refractivity contribution in [1.29, 1.82) is 0 Å². The second-order valence-corrected chi connectivity index (χ2v) is 5.35. The summed E-state index contributed by atoms with van der Waals surface area (Å²) in [5, 5.41) is 2.98. The second kappa shape index (κ2) is 6.19. The maximum atomic E-state index is 12.2. The van der Waals surface area contributed by atoms with Crippen LogP contribution in [-0.2, 0) is 4.74 Å². The van der Waals surface area contributed by atoms with E-state index >= 15 is 0 Å². The minimum atomic E-state index is -0.213. The van der Waals surface area contributed by atoms with E-state index < -0.39 is 0 Å². The van der Waals surface area contributed by atoms with Crippen LogP contribution in [-0.4, -0.2) is 54.2 Å². The summed E-state index contributed by atoms with van der Waals surface area (Å²) in [5.41, 5.74) is 5.93. The second-order valence-electron chi connectivity index (χ2n) is 5.35. The molecule has 0 bridgehead atoms. The fourth-order valence-corrected chi connectivity index (χ4v) is 2.42. The van der Waals surface area contributed by atoms with E-state index in [2.05, 4.69) is 29.0 Å². The SMILES string of the molecule is CO[C@H]1CN(C(C)C)C[C@@H]1NC(=O)c1cccc(N)n1. The average Bonchev–Trinajstić information content (AvgIpc) is 2.82. The van der Waals surface area contributed by atoms with E-state index in [4.69, 9.17) is 10.5 Å². The Balaban J connectivity index is 2.03. The van der Waals surface area contributed by atoms with Gasteiger partial charge in [-0.2, -0.15) is 0 Å². The fraction of sp³-hybridized carbons (Fsp3) is 0.571. The van der Waals surface area contributed by atoms with Gasteiger partial charge in [-0.3, -0.25) is 9.69 Å². The number of nitrogens with one attached hydrogen (secondary N) is 1. The lowest BCUT2D eigenvalue weighted by molar-refractivity contribution is 0.0750. The van der Waals surface area contributed by atoms with E-state index in [9.17, 15) is 4.79 Å². The normalized spacial score (nSPS) is 23.2. The number of nitrogens with zero attached hydrogens (tertiary/aromatic N) is 2. The number of anilines is 1. The average molecular weight is 278 g/mol. The Labute approximate surface area is 119 Å². The zero-order chi connectivity index (χ0) is 14.7. The molecule has 0 unspecified atom stereocenters. The van der Waals surface area contributed by atoms with E-state index in [-0.39, 0.29) is 18.1 Å². The molecule has 3 N–H and O–H groups in total. The Kier molecular flexibility index (Phi) is 4.57. The van der Waals surface area contributed by atoms with Crippen LogP contribution in [0.15, 0.2) is 18.2 Å². The van der Waals surface area contributed by atoms with Crippen molar-refractivity contribution in [3.05, 3.63) is 23.9 Å². The lowest BCUT2D eigenvalue weighted by atomic mass is 10.2. The van der Waals surface area contributed by atoms with E-state index in [0.717, 1.165) is 13.1 Å². The van der Waals surface area contributed by atoms with Gasteiger partial charge in [-0.05, 0) is 26.0 Å². The molecule has 2 rings (SSSR count). The Hall–Kier alpha value is -1.66. The van der Waals surface area contributed by atoms with E-state index in [1.807, 2.05) is 0 Å². The highest BCUT2D eigenvalue weighted by atomic mass is 16.5. The number of pyridine rings is 1. The van der Waals surface area contributed by atoms with Crippen molar-refractivity contribution in [1.82, 2.24) is 15.2 Å². The largest absolute Gasteiger partial charge is 0.384 e. The smallest absolute Gasteiger partial charge is 0.270 e. The number of nitrogens with two attached hydrogens (primary N) is 1. The third-order valence-corrected chi connectivity index (χ3v) is 3.65. The first kappa shape index (κ1) is 14.7. The molecule has 20 heavy (non-hydrogen) atoms. The summed E-state index contributed by atoms with van der Waals surface area (Å²) in [5.74, 6) is 0.131. The lowest BCUT2D eigenvalue weighted by Crippen LogP contribution is -2.44. The number of rotatable bonds is 4. The molecule has 1 aromatic heterocycles. The molecular formula is C14H22N4O2. The Morgan fingerprint density at radius 2 is 2.25 bits per heavy atom. The van der Waals surface area contributed by atoms with Crippen molar-refractivity contribution in [2.45, 2.75) is 32.0 Å². The van der Waals surface area contributed by atoms with Gasteiger partial charge < -0.3 is 15.8 Å². The third kappa shape index (κ3) is 3.26. The molecule has 1 aromatic rings. The Morgan fingerprint density at radius 1 is 1.50 bits per heavy atom. The maximum absolute atomic E-state index is 12.2. The van der Waals surface area contributed by atoms with Crippen molar-refractivity contribution in [2.24, 2.45) is 0 Å². The van der Waals surface area contributed by atoms with Gasteiger partial charge in [0.1, 0.15) is 11.5 Å². The van der Waals surface area contributed by atoms with Crippen LogP contribution >= 0.6 is 0 Å². The fourth-order valence-electron chi connectivity index (χ4n) is 2.42. The van der Waals surface area contributed by atoms with Crippen LogP contribution in [0.1, 0.15) is 24.3 Å². The van der Waals surface area contributed by atoms with Gasteiger partial charge in [-0.25, -0.2) is 4.98 Å². The molecular weight excluding hydrogens is 256 g/mol. The van der Waals surface area contributed by atoms with Crippen LogP contribution < -0.4 is 11.1 Å². The van der Waals surface area contributed by atoms with Crippen molar-refractivity contribution in [3.8, 4) is 0 Å². The van der Waals surface area contributed by atoms with Gasteiger partial charge in [-0.15, -0.1) is 0 Å². The predicted molar refractivity (Wildman–Crippen MR) is 77.4 cm³/mol. The number of likely N-dealkylation sites (tertiary alicyclic amines) is 1. The zero-order valence-electron chi connectivity index (χ0n) is 12.2. The number of nitrogen functional groups attached to an aromatic ring is 1. The van der Waals surface area contributed by atoms with E-state index in [1.165, 1.54) is 0 Å². The predicted octanol–water partition coefficient (Wildman–Crippen LogP) is 0.501. The number of methoxy groups -OCH3 is 1. The molecule has 6 heteroatoms. The molecule has 6 nitrogen and oxygen atoms in total. The number of ether oxygens (including phenoxy) is 1. The van der Waals surface area contributed by atoms with Gasteiger partial charge in [0.25, 0.3) is 5.91 Å².